The second kappa shape index (κ2) is 4.45. The summed E-state index contributed by atoms with van der Waals surface area (Å²) in [4.78, 5) is 15.9. The average molecular weight is 236 g/mol. The molecule has 0 aliphatic rings. The summed E-state index contributed by atoms with van der Waals surface area (Å²) in [7, 11) is 1.76. The van der Waals surface area contributed by atoms with Crippen LogP contribution in [0.4, 0.5) is 0 Å². The summed E-state index contributed by atoms with van der Waals surface area (Å²) in [5.41, 5.74) is 0.593. The molecule has 1 heterocycles. The van der Waals surface area contributed by atoms with E-state index in [1.165, 1.54) is 6.33 Å². The van der Waals surface area contributed by atoms with E-state index >= 15 is 0 Å². The number of aromatic nitrogens is 3. The molecule has 0 unspecified atom stereocenters. The van der Waals surface area contributed by atoms with E-state index in [0.717, 1.165) is 0 Å². The summed E-state index contributed by atoms with van der Waals surface area (Å²) in [5.74, 6) is 0.628. The van der Waals surface area contributed by atoms with Gasteiger partial charge in [-0.05, 0) is 12.1 Å². The minimum atomic E-state index is -0.0152. The summed E-state index contributed by atoms with van der Waals surface area (Å²) in [6, 6.07) is 6.89. The summed E-state index contributed by atoms with van der Waals surface area (Å²) in [6.45, 7) is 0. The fourth-order valence-corrected chi connectivity index (χ4v) is 1.58. The number of nitrogens with zero attached hydrogens (tertiary/aromatic N) is 3. The van der Waals surface area contributed by atoms with Crippen molar-refractivity contribution in [2.75, 3.05) is 0 Å². The van der Waals surface area contributed by atoms with E-state index in [9.17, 15) is 4.79 Å². The van der Waals surface area contributed by atoms with Crippen LogP contribution in [0.15, 0.2) is 30.6 Å². The highest BCUT2D eigenvalue weighted by Crippen LogP contribution is 2.12. The topological polar surface area (TPSA) is 47.8 Å². The van der Waals surface area contributed by atoms with Crippen LogP contribution in [0.3, 0.4) is 0 Å². The Labute approximate surface area is 97.9 Å². The van der Waals surface area contributed by atoms with Gasteiger partial charge in [-0.15, -0.1) is 0 Å². The number of Topliss-reactive ketones (excluding diaryl/α,β-unsaturated/α-hetero) is 1. The van der Waals surface area contributed by atoms with Crippen LogP contribution in [0.1, 0.15) is 16.2 Å². The first kappa shape index (κ1) is 10.8. The summed E-state index contributed by atoms with van der Waals surface area (Å²) >= 11 is 5.82. The van der Waals surface area contributed by atoms with Crippen molar-refractivity contribution in [2.45, 2.75) is 6.42 Å². The van der Waals surface area contributed by atoms with Gasteiger partial charge in [0.05, 0.1) is 6.42 Å². The number of ketones is 1. The van der Waals surface area contributed by atoms with Crippen molar-refractivity contribution in [2.24, 2.45) is 7.05 Å². The predicted molar refractivity (Wildman–Crippen MR) is 60.5 cm³/mol. The number of carbonyl (C=O) groups excluding carboxylic acids is 1. The van der Waals surface area contributed by atoms with Crippen molar-refractivity contribution in [3.63, 3.8) is 0 Å². The van der Waals surface area contributed by atoms with Crippen molar-refractivity contribution in [3.8, 4) is 0 Å². The summed E-state index contributed by atoms with van der Waals surface area (Å²) in [6.07, 6.45) is 1.66. The van der Waals surface area contributed by atoms with Crippen LogP contribution < -0.4 is 0 Å². The van der Waals surface area contributed by atoms with Crippen molar-refractivity contribution in [1.82, 2.24) is 14.8 Å². The molecule has 0 spiro atoms. The molecular weight excluding hydrogens is 226 g/mol. The zero-order valence-electron chi connectivity index (χ0n) is 8.72. The molecule has 4 nitrogen and oxygen atoms in total. The third-order valence-electron chi connectivity index (χ3n) is 2.27. The molecule has 16 heavy (non-hydrogen) atoms. The van der Waals surface area contributed by atoms with Crippen molar-refractivity contribution in [1.29, 1.82) is 0 Å². The molecule has 82 valence electrons. The molecule has 0 aliphatic carbocycles. The third-order valence-corrected chi connectivity index (χ3v) is 2.51. The maximum atomic E-state index is 11.9. The van der Waals surface area contributed by atoms with E-state index in [1.54, 1.807) is 36.0 Å². The Morgan fingerprint density at radius 1 is 1.50 bits per heavy atom. The molecule has 2 aromatic rings. The lowest BCUT2D eigenvalue weighted by atomic mass is 10.1. The third kappa shape index (κ3) is 2.28. The Balaban J connectivity index is 2.18. The first-order valence-corrected chi connectivity index (χ1v) is 5.16. The molecule has 0 bridgehead atoms. The quantitative estimate of drug-likeness (QED) is 0.764. The second-order valence-corrected chi connectivity index (χ2v) is 3.85. The van der Waals surface area contributed by atoms with Crippen LogP contribution in [-0.4, -0.2) is 20.5 Å². The second-order valence-electron chi connectivity index (χ2n) is 3.41. The molecule has 1 aromatic heterocycles. The zero-order valence-corrected chi connectivity index (χ0v) is 9.48. The highest BCUT2D eigenvalue weighted by atomic mass is 35.5. The Hall–Kier alpha value is -1.68. The van der Waals surface area contributed by atoms with Gasteiger partial charge in [-0.25, -0.2) is 4.98 Å². The Kier molecular flexibility index (Phi) is 3.01. The van der Waals surface area contributed by atoms with E-state index in [0.29, 0.717) is 16.4 Å². The van der Waals surface area contributed by atoms with Gasteiger partial charge in [-0.2, -0.15) is 5.10 Å². The standard InChI is InChI=1S/C11H10ClN3O/c1-15-11(13-7-14-15)6-10(16)8-3-2-4-9(12)5-8/h2-5,7H,6H2,1H3. The molecule has 2 rings (SSSR count). The molecule has 0 fully saturated rings. The molecule has 0 atom stereocenters. The van der Waals surface area contributed by atoms with Gasteiger partial charge in [0.25, 0.3) is 0 Å². The molecular formula is C11H10ClN3O. The van der Waals surface area contributed by atoms with Crippen LogP contribution in [0.25, 0.3) is 0 Å². The molecule has 1 aromatic carbocycles. The lowest BCUT2D eigenvalue weighted by molar-refractivity contribution is 0.0989. The van der Waals surface area contributed by atoms with Gasteiger partial charge in [0.15, 0.2) is 5.78 Å². The fourth-order valence-electron chi connectivity index (χ4n) is 1.39. The number of hydrogen-bond acceptors (Lipinski definition) is 3. The SMILES string of the molecule is Cn1ncnc1CC(=O)c1cccc(Cl)c1. The minimum absolute atomic E-state index is 0.0152. The van der Waals surface area contributed by atoms with Crippen LogP contribution in [0, 0.1) is 0 Å². The Morgan fingerprint density at radius 2 is 2.31 bits per heavy atom. The van der Waals surface area contributed by atoms with Gasteiger partial charge in [-0.1, -0.05) is 23.7 Å². The zero-order chi connectivity index (χ0) is 11.5. The molecule has 0 amide bonds. The first-order valence-electron chi connectivity index (χ1n) is 4.78. The fraction of sp³-hybridized carbons (Fsp3) is 0.182. The van der Waals surface area contributed by atoms with Gasteiger partial charge in [0, 0.05) is 17.6 Å². The highest BCUT2D eigenvalue weighted by molar-refractivity contribution is 6.31. The normalized spacial score (nSPS) is 10.4. The van der Waals surface area contributed by atoms with Gasteiger partial charge >= 0.3 is 0 Å². The number of carbonyl (C=O) groups is 1. The molecule has 0 aliphatic heterocycles. The Morgan fingerprint density at radius 3 is 2.94 bits per heavy atom. The van der Waals surface area contributed by atoms with E-state index in [2.05, 4.69) is 10.1 Å². The van der Waals surface area contributed by atoms with E-state index in [-0.39, 0.29) is 12.2 Å². The van der Waals surface area contributed by atoms with E-state index in [4.69, 9.17) is 11.6 Å². The van der Waals surface area contributed by atoms with Crippen molar-refractivity contribution >= 4 is 17.4 Å². The van der Waals surface area contributed by atoms with E-state index < -0.39 is 0 Å². The van der Waals surface area contributed by atoms with Crippen LogP contribution >= 0.6 is 11.6 Å². The molecule has 0 saturated heterocycles. The maximum absolute atomic E-state index is 11.9. The van der Waals surface area contributed by atoms with Crippen molar-refractivity contribution < 1.29 is 4.79 Å². The van der Waals surface area contributed by atoms with E-state index in [1.807, 2.05) is 0 Å². The first-order chi connectivity index (χ1) is 7.66. The van der Waals surface area contributed by atoms with Crippen LogP contribution in [0.5, 0.6) is 0 Å². The van der Waals surface area contributed by atoms with Gasteiger partial charge < -0.3 is 0 Å². The molecule has 0 saturated carbocycles. The van der Waals surface area contributed by atoms with Crippen LogP contribution in [-0.2, 0) is 13.5 Å². The maximum Gasteiger partial charge on any atom is 0.170 e. The number of benzene rings is 1. The predicted octanol–water partition coefficient (Wildman–Crippen LogP) is 1.89. The van der Waals surface area contributed by atoms with Crippen LogP contribution in [0.2, 0.25) is 5.02 Å². The lowest BCUT2D eigenvalue weighted by Crippen LogP contribution is -2.08. The average Bonchev–Trinajstić information content (AvgIpc) is 2.64. The number of rotatable bonds is 3. The number of aryl methyl sites for hydroxylation is 1. The molecule has 5 heteroatoms. The number of halogens is 1. The lowest BCUT2D eigenvalue weighted by Gasteiger charge is -2.01. The summed E-state index contributed by atoms with van der Waals surface area (Å²) < 4.78 is 1.59. The monoisotopic (exact) mass is 235 g/mol. The summed E-state index contributed by atoms with van der Waals surface area (Å²) in [5, 5.41) is 4.47. The van der Waals surface area contributed by atoms with Gasteiger partial charge in [0.2, 0.25) is 0 Å². The van der Waals surface area contributed by atoms with Gasteiger partial charge in [0.1, 0.15) is 12.2 Å². The number of hydrogen-bond donors (Lipinski definition) is 0. The van der Waals surface area contributed by atoms with Gasteiger partial charge in [-0.3, -0.25) is 9.48 Å². The smallest absolute Gasteiger partial charge is 0.170 e. The van der Waals surface area contributed by atoms with Crippen molar-refractivity contribution in [3.05, 3.63) is 47.0 Å². The largest absolute Gasteiger partial charge is 0.294 e. The Bertz CT molecular complexity index is 521. The molecule has 0 N–H and O–H groups in total. The molecule has 0 radical (unpaired) electrons. The minimum Gasteiger partial charge on any atom is -0.294 e. The highest BCUT2D eigenvalue weighted by Gasteiger charge is 2.10.